The molecule has 2 rings (SSSR count). The second kappa shape index (κ2) is 8.53. The van der Waals surface area contributed by atoms with Gasteiger partial charge in [-0.15, -0.1) is 0 Å². The Morgan fingerprint density at radius 3 is 1.67 bits per heavy atom. The largest absolute Gasteiger partial charge is 0.478 e. The Hall–Kier alpha value is -2.62. The molecular formula is C17H18O4. The normalized spacial score (nSPS) is 9.38. The third kappa shape index (κ3) is 5.91. The van der Waals surface area contributed by atoms with Gasteiger partial charge in [-0.25, -0.2) is 9.59 Å². The number of hydrogen-bond donors (Lipinski definition) is 2. The van der Waals surface area contributed by atoms with Crippen LogP contribution in [0.4, 0.5) is 0 Å². The van der Waals surface area contributed by atoms with Crippen LogP contribution in [0, 0.1) is 0 Å². The first kappa shape index (κ1) is 16.4. The maximum absolute atomic E-state index is 10.5. The number of carbonyl (C=O) groups is 2. The summed E-state index contributed by atoms with van der Waals surface area (Å²) >= 11 is 0. The van der Waals surface area contributed by atoms with Gasteiger partial charge in [0.25, 0.3) is 0 Å². The van der Waals surface area contributed by atoms with Gasteiger partial charge in [-0.2, -0.15) is 0 Å². The predicted molar refractivity (Wildman–Crippen MR) is 80.8 cm³/mol. The summed E-state index contributed by atoms with van der Waals surface area (Å²) < 4.78 is 0. The standard InChI is InChI=1S/C10H12O2.C7H6O2/c1-2-3-8-4-6-9(7-5-8)10(11)12;8-7(9)6-4-2-1-3-5-6/h4-7H,2-3H2,1H3,(H,11,12);1-5H,(H,8,9). The highest BCUT2D eigenvalue weighted by Gasteiger charge is 2.00. The third-order valence-electron chi connectivity index (χ3n) is 2.76. The summed E-state index contributed by atoms with van der Waals surface area (Å²) in [4.78, 5) is 20.7. The lowest BCUT2D eigenvalue weighted by atomic mass is 10.1. The molecule has 0 saturated heterocycles. The average molecular weight is 286 g/mol. The lowest BCUT2D eigenvalue weighted by Gasteiger charge is -1.98. The molecule has 0 aliphatic carbocycles. The van der Waals surface area contributed by atoms with Crippen molar-refractivity contribution < 1.29 is 19.8 Å². The molecule has 2 N–H and O–H groups in total. The first-order valence-electron chi connectivity index (χ1n) is 6.65. The van der Waals surface area contributed by atoms with Gasteiger partial charge >= 0.3 is 11.9 Å². The number of hydrogen-bond acceptors (Lipinski definition) is 2. The average Bonchev–Trinajstić information content (AvgIpc) is 2.50. The molecule has 0 aliphatic rings. The van der Waals surface area contributed by atoms with Crippen molar-refractivity contribution in [2.75, 3.05) is 0 Å². The lowest BCUT2D eigenvalue weighted by molar-refractivity contribution is 0.0686. The number of carboxylic acids is 2. The fraction of sp³-hybridized carbons (Fsp3) is 0.176. The number of aromatic carboxylic acids is 2. The maximum atomic E-state index is 10.5. The molecule has 2 aromatic carbocycles. The van der Waals surface area contributed by atoms with E-state index in [9.17, 15) is 9.59 Å². The van der Waals surface area contributed by atoms with Crippen LogP contribution in [0.25, 0.3) is 0 Å². The van der Waals surface area contributed by atoms with Gasteiger partial charge in [0.05, 0.1) is 11.1 Å². The summed E-state index contributed by atoms with van der Waals surface area (Å²) in [5.74, 6) is -1.74. The molecule has 4 nitrogen and oxygen atoms in total. The second-order valence-electron chi connectivity index (χ2n) is 4.42. The minimum atomic E-state index is -0.879. The maximum Gasteiger partial charge on any atom is 0.335 e. The van der Waals surface area contributed by atoms with E-state index in [-0.39, 0.29) is 0 Å². The topological polar surface area (TPSA) is 74.6 Å². The zero-order chi connectivity index (χ0) is 15.7. The number of carboxylic acid groups (broad SMARTS) is 2. The van der Waals surface area contributed by atoms with Crippen LogP contribution in [0.3, 0.4) is 0 Å². The number of benzene rings is 2. The second-order valence-corrected chi connectivity index (χ2v) is 4.42. The van der Waals surface area contributed by atoms with Crippen LogP contribution in [0.1, 0.15) is 39.6 Å². The molecule has 0 aliphatic heterocycles. The molecule has 0 spiro atoms. The van der Waals surface area contributed by atoms with Crippen molar-refractivity contribution in [2.24, 2.45) is 0 Å². The zero-order valence-electron chi connectivity index (χ0n) is 11.8. The molecule has 0 fully saturated rings. The van der Waals surface area contributed by atoms with Crippen molar-refractivity contribution in [1.29, 1.82) is 0 Å². The Bertz CT molecular complexity index is 573. The van der Waals surface area contributed by atoms with Gasteiger partial charge < -0.3 is 10.2 Å². The third-order valence-corrected chi connectivity index (χ3v) is 2.76. The van der Waals surface area contributed by atoms with E-state index in [0.29, 0.717) is 11.1 Å². The predicted octanol–water partition coefficient (Wildman–Crippen LogP) is 3.72. The van der Waals surface area contributed by atoms with Crippen LogP contribution in [-0.4, -0.2) is 22.2 Å². The monoisotopic (exact) mass is 286 g/mol. The Labute approximate surface area is 123 Å². The zero-order valence-corrected chi connectivity index (χ0v) is 11.8. The molecule has 2 aromatic rings. The van der Waals surface area contributed by atoms with Crippen molar-refractivity contribution in [3.63, 3.8) is 0 Å². The van der Waals surface area contributed by atoms with Crippen LogP contribution in [0.15, 0.2) is 54.6 Å². The van der Waals surface area contributed by atoms with E-state index < -0.39 is 11.9 Å². The molecule has 0 atom stereocenters. The van der Waals surface area contributed by atoms with E-state index in [0.717, 1.165) is 12.8 Å². The van der Waals surface area contributed by atoms with Crippen molar-refractivity contribution >= 4 is 11.9 Å². The summed E-state index contributed by atoms with van der Waals surface area (Å²) in [6.07, 6.45) is 2.10. The smallest absolute Gasteiger partial charge is 0.335 e. The van der Waals surface area contributed by atoms with Gasteiger partial charge in [-0.3, -0.25) is 0 Å². The minimum absolute atomic E-state index is 0.331. The molecule has 0 aromatic heterocycles. The van der Waals surface area contributed by atoms with Gasteiger partial charge in [0, 0.05) is 0 Å². The number of aryl methyl sites for hydroxylation is 1. The summed E-state index contributed by atoms with van der Waals surface area (Å²) in [5, 5.41) is 17.0. The Balaban J connectivity index is 0.000000219. The fourth-order valence-corrected chi connectivity index (χ4v) is 1.68. The fourth-order valence-electron chi connectivity index (χ4n) is 1.68. The van der Waals surface area contributed by atoms with Crippen molar-refractivity contribution in [3.8, 4) is 0 Å². The summed E-state index contributed by atoms with van der Waals surface area (Å²) in [5.41, 5.74) is 1.88. The van der Waals surface area contributed by atoms with Crippen LogP contribution < -0.4 is 0 Å². The SMILES string of the molecule is CCCc1ccc(C(=O)O)cc1.O=C(O)c1ccccc1. The van der Waals surface area contributed by atoms with Gasteiger partial charge in [-0.1, -0.05) is 43.7 Å². The molecule has 0 saturated carbocycles. The molecule has 110 valence electrons. The summed E-state index contributed by atoms with van der Waals surface area (Å²) in [6.45, 7) is 2.10. The highest BCUT2D eigenvalue weighted by Crippen LogP contribution is 2.06. The van der Waals surface area contributed by atoms with Crippen LogP contribution >= 0.6 is 0 Å². The minimum Gasteiger partial charge on any atom is -0.478 e. The molecule has 4 heteroatoms. The Morgan fingerprint density at radius 1 is 0.810 bits per heavy atom. The molecule has 0 bridgehead atoms. The van der Waals surface area contributed by atoms with Crippen LogP contribution in [0.5, 0.6) is 0 Å². The summed E-state index contributed by atoms with van der Waals surface area (Å²) in [6, 6.07) is 15.3. The van der Waals surface area contributed by atoms with E-state index in [1.807, 2.05) is 12.1 Å². The molecule has 0 heterocycles. The highest BCUT2D eigenvalue weighted by molar-refractivity contribution is 5.87. The lowest BCUT2D eigenvalue weighted by Crippen LogP contribution is -1.95. The van der Waals surface area contributed by atoms with E-state index in [4.69, 9.17) is 10.2 Å². The quantitative estimate of drug-likeness (QED) is 0.898. The van der Waals surface area contributed by atoms with Gasteiger partial charge in [0.15, 0.2) is 0 Å². The van der Waals surface area contributed by atoms with E-state index in [2.05, 4.69) is 6.92 Å². The van der Waals surface area contributed by atoms with Crippen molar-refractivity contribution in [3.05, 3.63) is 71.3 Å². The van der Waals surface area contributed by atoms with Crippen molar-refractivity contribution in [2.45, 2.75) is 19.8 Å². The first-order chi connectivity index (χ1) is 10.0. The van der Waals surface area contributed by atoms with Crippen LogP contribution in [0.2, 0.25) is 0 Å². The molecule has 0 amide bonds. The first-order valence-corrected chi connectivity index (χ1v) is 6.65. The van der Waals surface area contributed by atoms with E-state index in [1.165, 1.54) is 5.56 Å². The van der Waals surface area contributed by atoms with Gasteiger partial charge in [0.2, 0.25) is 0 Å². The Morgan fingerprint density at radius 2 is 1.29 bits per heavy atom. The molecule has 0 radical (unpaired) electrons. The highest BCUT2D eigenvalue weighted by atomic mass is 16.4. The molecular weight excluding hydrogens is 268 g/mol. The van der Waals surface area contributed by atoms with Crippen molar-refractivity contribution in [1.82, 2.24) is 0 Å². The van der Waals surface area contributed by atoms with E-state index in [1.54, 1.807) is 42.5 Å². The Kier molecular flexibility index (Phi) is 6.68. The molecule has 0 unspecified atom stereocenters. The van der Waals surface area contributed by atoms with Crippen LogP contribution in [-0.2, 0) is 6.42 Å². The summed E-state index contributed by atoms with van der Waals surface area (Å²) in [7, 11) is 0. The number of rotatable bonds is 4. The molecule has 21 heavy (non-hydrogen) atoms. The van der Waals surface area contributed by atoms with E-state index >= 15 is 0 Å². The van der Waals surface area contributed by atoms with Gasteiger partial charge in [-0.05, 0) is 36.2 Å². The van der Waals surface area contributed by atoms with Gasteiger partial charge in [0.1, 0.15) is 0 Å².